The molecule has 1 heterocycles. The van der Waals surface area contributed by atoms with E-state index < -0.39 is 11.3 Å². The molecule has 0 amide bonds. The van der Waals surface area contributed by atoms with Gasteiger partial charge >= 0.3 is 0 Å². The fraction of sp³-hybridized carbons (Fsp3) is 0.435. The van der Waals surface area contributed by atoms with Gasteiger partial charge in [0.25, 0.3) is 5.56 Å². The van der Waals surface area contributed by atoms with Gasteiger partial charge in [0, 0.05) is 11.6 Å². The average molecular weight is 394 g/mol. The van der Waals surface area contributed by atoms with Crippen LogP contribution >= 0.6 is 0 Å². The van der Waals surface area contributed by atoms with Gasteiger partial charge in [-0.1, -0.05) is 26.2 Å². The summed E-state index contributed by atoms with van der Waals surface area (Å²) in [7, 11) is 0. The molecule has 29 heavy (non-hydrogen) atoms. The molecule has 1 aliphatic carbocycles. The first-order valence-electron chi connectivity index (χ1n) is 10.1. The Kier molecular flexibility index (Phi) is 6.38. The lowest BCUT2D eigenvalue weighted by atomic mass is 9.96. The molecular formula is C23H26N2O4. The minimum Gasteiger partial charge on any atom is -0.494 e. The standard InChI is InChI=1S/C23H26N2O4/c1-3-4-13-29-18-11-9-16(10-12-18)21(26)20-15(2)19(14-24)22(27)25(23(20)28)17-7-5-6-8-17/h9-12,17,28H,3-8,13H2,1-2H3. The summed E-state index contributed by atoms with van der Waals surface area (Å²) in [6.07, 6.45) is 5.39. The van der Waals surface area contributed by atoms with Crippen LogP contribution in [0.5, 0.6) is 11.6 Å². The minimum atomic E-state index is -0.523. The molecule has 0 atom stereocenters. The van der Waals surface area contributed by atoms with E-state index >= 15 is 0 Å². The quantitative estimate of drug-likeness (QED) is 0.559. The average Bonchev–Trinajstić information content (AvgIpc) is 3.23. The highest BCUT2D eigenvalue weighted by Crippen LogP contribution is 2.34. The zero-order valence-corrected chi connectivity index (χ0v) is 16.9. The molecule has 0 unspecified atom stereocenters. The summed E-state index contributed by atoms with van der Waals surface area (Å²) in [6.45, 7) is 4.23. The van der Waals surface area contributed by atoms with Crippen LogP contribution < -0.4 is 10.3 Å². The number of hydrogen-bond donors (Lipinski definition) is 1. The van der Waals surface area contributed by atoms with Gasteiger partial charge in [-0.3, -0.25) is 14.2 Å². The van der Waals surface area contributed by atoms with Crippen LogP contribution in [0.4, 0.5) is 0 Å². The number of carbonyl (C=O) groups is 1. The second kappa shape index (κ2) is 8.95. The Balaban J connectivity index is 2.01. The third kappa shape index (κ3) is 4.04. The van der Waals surface area contributed by atoms with E-state index in [1.807, 2.05) is 6.07 Å². The highest BCUT2D eigenvalue weighted by Gasteiger charge is 2.29. The first kappa shape index (κ1) is 20.7. The maximum atomic E-state index is 13.2. The van der Waals surface area contributed by atoms with E-state index in [9.17, 15) is 20.0 Å². The minimum absolute atomic E-state index is 0.0210. The summed E-state index contributed by atoms with van der Waals surface area (Å²) >= 11 is 0. The van der Waals surface area contributed by atoms with Gasteiger partial charge in [-0.25, -0.2) is 0 Å². The smallest absolute Gasteiger partial charge is 0.271 e. The predicted molar refractivity (Wildman–Crippen MR) is 110 cm³/mol. The van der Waals surface area contributed by atoms with Crippen molar-refractivity contribution in [2.24, 2.45) is 0 Å². The van der Waals surface area contributed by atoms with Crippen molar-refractivity contribution in [3.63, 3.8) is 0 Å². The Hall–Kier alpha value is -3.07. The molecule has 0 spiro atoms. The number of hydrogen-bond acceptors (Lipinski definition) is 5. The molecule has 2 aromatic rings. The molecule has 6 nitrogen and oxygen atoms in total. The van der Waals surface area contributed by atoms with Gasteiger partial charge in [-0.15, -0.1) is 0 Å². The fourth-order valence-corrected chi connectivity index (χ4v) is 3.88. The number of unbranched alkanes of at least 4 members (excludes halogenated alkanes) is 1. The van der Waals surface area contributed by atoms with Crippen LogP contribution in [0.25, 0.3) is 0 Å². The monoisotopic (exact) mass is 394 g/mol. The Morgan fingerprint density at radius 3 is 2.52 bits per heavy atom. The van der Waals surface area contributed by atoms with Crippen LogP contribution in [0, 0.1) is 18.3 Å². The van der Waals surface area contributed by atoms with Gasteiger partial charge in [-0.2, -0.15) is 5.26 Å². The lowest BCUT2D eigenvalue weighted by Gasteiger charge is -2.20. The summed E-state index contributed by atoms with van der Waals surface area (Å²) in [5.74, 6) is -0.0837. The molecule has 152 valence electrons. The molecule has 1 aliphatic rings. The summed E-state index contributed by atoms with van der Waals surface area (Å²) in [6, 6.07) is 8.45. The van der Waals surface area contributed by atoms with Gasteiger partial charge in [0.1, 0.15) is 17.4 Å². The van der Waals surface area contributed by atoms with Crippen molar-refractivity contribution in [3.05, 3.63) is 56.9 Å². The molecule has 0 aliphatic heterocycles. The van der Waals surface area contributed by atoms with Crippen molar-refractivity contribution in [2.75, 3.05) is 6.61 Å². The highest BCUT2D eigenvalue weighted by molar-refractivity contribution is 6.11. The van der Waals surface area contributed by atoms with Crippen molar-refractivity contribution < 1.29 is 14.6 Å². The topological polar surface area (TPSA) is 92.3 Å². The highest BCUT2D eigenvalue weighted by atomic mass is 16.5. The molecular weight excluding hydrogens is 368 g/mol. The second-order valence-electron chi connectivity index (χ2n) is 7.48. The first-order chi connectivity index (χ1) is 14.0. The second-order valence-corrected chi connectivity index (χ2v) is 7.48. The molecule has 0 bridgehead atoms. The number of aromatic hydroxyl groups is 1. The van der Waals surface area contributed by atoms with Crippen LogP contribution in [0.2, 0.25) is 0 Å². The van der Waals surface area contributed by atoms with Gasteiger partial charge in [0.15, 0.2) is 5.78 Å². The number of benzene rings is 1. The van der Waals surface area contributed by atoms with Crippen LogP contribution in [-0.2, 0) is 0 Å². The van der Waals surface area contributed by atoms with Crippen molar-refractivity contribution >= 4 is 5.78 Å². The number of carbonyl (C=O) groups excluding carboxylic acids is 1. The number of aromatic nitrogens is 1. The Labute approximate surface area is 170 Å². The summed E-state index contributed by atoms with van der Waals surface area (Å²) < 4.78 is 6.87. The lowest BCUT2D eigenvalue weighted by molar-refractivity contribution is 0.103. The summed E-state index contributed by atoms with van der Waals surface area (Å²) in [5, 5.41) is 20.4. The number of nitriles is 1. The summed E-state index contributed by atoms with van der Waals surface area (Å²) in [4.78, 5) is 25.9. The number of ether oxygens (including phenoxy) is 1. The number of nitrogens with zero attached hydrogens (tertiary/aromatic N) is 2. The third-order valence-electron chi connectivity index (χ3n) is 5.55. The summed E-state index contributed by atoms with van der Waals surface area (Å²) in [5.41, 5.74) is 0.000152. The van der Waals surface area contributed by atoms with E-state index in [1.54, 1.807) is 24.3 Å². The molecule has 3 rings (SSSR count). The van der Waals surface area contributed by atoms with E-state index in [0.717, 1.165) is 38.5 Å². The van der Waals surface area contributed by atoms with Crippen molar-refractivity contribution in [2.45, 2.75) is 58.4 Å². The fourth-order valence-electron chi connectivity index (χ4n) is 3.88. The molecule has 1 N–H and O–H groups in total. The van der Waals surface area contributed by atoms with Gasteiger partial charge < -0.3 is 9.84 Å². The number of rotatable bonds is 7. The lowest BCUT2D eigenvalue weighted by Crippen LogP contribution is -2.29. The van der Waals surface area contributed by atoms with Crippen LogP contribution in [-0.4, -0.2) is 22.1 Å². The molecule has 0 saturated heterocycles. The molecule has 0 radical (unpaired) electrons. The molecule has 6 heteroatoms. The van der Waals surface area contributed by atoms with Gasteiger partial charge in [0.05, 0.1) is 12.2 Å². The van der Waals surface area contributed by atoms with E-state index in [1.165, 1.54) is 11.5 Å². The van der Waals surface area contributed by atoms with E-state index in [0.29, 0.717) is 17.9 Å². The Bertz CT molecular complexity index is 994. The van der Waals surface area contributed by atoms with E-state index in [-0.39, 0.29) is 28.6 Å². The van der Waals surface area contributed by atoms with Gasteiger partial charge in [-0.05, 0) is 56.0 Å². The van der Waals surface area contributed by atoms with Gasteiger partial charge in [0.2, 0.25) is 5.88 Å². The van der Waals surface area contributed by atoms with Crippen LogP contribution in [0.3, 0.4) is 0 Å². The predicted octanol–water partition coefficient (Wildman–Crippen LogP) is 4.26. The Morgan fingerprint density at radius 2 is 1.93 bits per heavy atom. The molecule has 1 saturated carbocycles. The largest absolute Gasteiger partial charge is 0.494 e. The number of ketones is 1. The number of pyridine rings is 1. The molecule has 1 aromatic carbocycles. The molecule has 1 aromatic heterocycles. The third-order valence-corrected chi connectivity index (χ3v) is 5.55. The maximum absolute atomic E-state index is 13.2. The van der Waals surface area contributed by atoms with E-state index in [2.05, 4.69) is 6.92 Å². The first-order valence-corrected chi connectivity index (χ1v) is 10.1. The van der Waals surface area contributed by atoms with Crippen LogP contribution in [0.15, 0.2) is 29.1 Å². The van der Waals surface area contributed by atoms with E-state index in [4.69, 9.17) is 4.74 Å². The Morgan fingerprint density at radius 1 is 1.28 bits per heavy atom. The SMILES string of the molecule is CCCCOc1ccc(C(=O)c2c(C)c(C#N)c(=O)n(C3CCCC3)c2O)cc1. The van der Waals surface area contributed by atoms with Crippen LogP contribution in [0.1, 0.15) is 78.5 Å². The van der Waals surface area contributed by atoms with Crippen molar-refractivity contribution in [1.29, 1.82) is 5.26 Å². The zero-order chi connectivity index (χ0) is 21.0. The molecule has 1 fully saturated rings. The van der Waals surface area contributed by atoms with Crippen molar-refractivity contribution in [1.82, 2.24) is 4.57 Å². The van der Waals surface area contributed by atoms with Crippen molar-refractivity contribution in [3.8, 4) is 17.7 Å². The zero-order valence-electron chi connectivity index (χ0n) is 16.9. The normalized spacial score (nSPS) is 14.0. The maximum Gasteiger partial charge on any atom is 0.271 e.